The van der Waals surface area contributed by atoms with Gasteiger partial charge in [0.2, 0.25) is 11.8 Å². The number of rotatable bonds is 4. The average Bonchev–Trinajstić information content (AvgIpc) is 3.01. The molecule has 1 heterocycles. The maximum atomic E-state index is 12.2. The number of hydrogen-bond acceptors (Lipinski definition) is 2. The first kappa shape index (κ1) is 14.9. The minimum Gasteiger partial charge on any atom is -0.353 e. The number of nitrogens with one attached hydrogen (secondary N) is 1. The summed E-state index contributed by atoms with van der Waals surface area (Å²) in [4.78, 5) is 26.0. The summed E-state index contributed by atoms with van der Waals surface area (Å²) < 4.78 is 0. The van der Waals surface area contributed by atoms with E-state index < -0.39 is 0 Å². The number of amides is 2. The Hall–Kier alpha value is -1.06. The Morgan fingerprint density at radius 2 is 2.00 bits per heavy atom. The van der Waals surface area contributed by atoms with Gasteiger partial charge in [0.05, 0.1) is 0 Å². The van der Waals surface area contributed by atoms with Gasteiger partial charge >= 0.3 is 0 Å². The van der Waals surface area contributed by atoms with Gasteiger partial charge in [-0.1, -0.05) is 19.3 Å². The van der Waals surface area contributed by atoms with Gasteiger partial charge in [-0.2, -0.15) is 0 Å². The van der Waals surface area contributed by atoms with E-state index in [2.05, 4.69) is 5.32 Å². The van der Waals surface area contributed by atoms with Crippen molar-refractivity contribution in [2.45, 2.75) is 70.3 Å². The van der Waals surface area contributed by atoms with Crippen LogP contribution in [0.3, 0.4) is 0 Å². The van der Waals surface area contributed by atoms with Crippen molar-refractivity contribution in [3.63, 3.8) is 0 Å². The Morgan fingerprint density at radius 1 is 1.10 bits per heavy atom. The number of carbonyl (C=O) groups excluding carboxylic acids is 2. The molecule has 1 saturated heterocycles. The van der Waals surface area contributed by atoms with Crippen molar-refractivity contribution in [1.82, 2.24) is 10.2 Å². The third kappa shape index (κ3) is 3.58. The minimum atomic E-state index is 0.143. The van der Waals surface area contributed by atoms with E-state index in [9.17, 15) is 9.59 Å². The third-order valence-electron chi connectivity index (χ3n) is 5.71. The second-order valence-corrected chi connectivity index (χ2v) is 7.05. The molecule has 2 saturated carbocycles. The van der Waals surface area contributed by atoms with Crippen LogP contribution < -0.4 is 5.32 Å². The summed E-state index contributed by atoms with van der Waals surface area (Å²) in [5, 5.41) is 3.24. The van der Waals surface area contributed by atoms with E-state index >= 15 is 0 Å². The van der Waals surface area contributed by atoms with Crippen LogP contribution in [0, 0.1) is 11.8 Å². The monoisotopic (exact) mass is 292 g/mol. The lowest BCUT2D eigenvalue weighted by Gasteiger charge is -2.23. The highest BCUT2D eigenvalue weighted by Crippen LogP contribution is 2.43. The SMILES string of the molecule is O=C(CCN1CCCCCC1=O)N[C@H]1CC[C@@H]2CCC[C@@H]21. The lowest BCUT2D eigenvalue weighted by Crippen LogP contribution is -2.40. The van der Waals surface area contributed by atoms with Gasteiger partial charge in [-0.25, -0.2) is 0 Å². The fourth-order valence-electron chi connectivity index (χ4n) is 4.53. The Kier molecular flexibility index (Phi) is 4.81. The molecule has 1 aliphatic heterocycles. The van der Waals surface area contributed by atoms with Crippen LogP contribution in [0.2, 0.25) is 0 Å². The molecule has 4 heteroatoms. The molecular weight excluding hydrogens is 264 g/mol. The van der Waals surface area contributed by atoms with Crippen LogP contribution in [0.5, 0.6) is 0 Å². The number of hydrogen-bond donors (Lipinski definition) is 1. The summed E-state index contributed by atoms with van der Waals surface area (Å²) in [6, 6.07) is 0.407. The standard InChI is InChI=1S/C17H28N2O2/c20-16(10-12-19-11-3-1-2-7-17(19)21)18-15-9-8-13-5-4-6-14(13)15/h13-15H,1-12H2,(H,18,20)/t13-,14-,15-/m0/s1. The predicted molar refractivity (Wildman–Crippen MR) is 81.7 cm³/mol. The van der Waals surface area contributed by atoms with E-state index in [0.717, 1.165) is 44.1 Å². The summed E-state index contributed by atoms with van der Waals surface area (Å²) in [5.41, 5.74) is 0. The molecule has 0 aromatic carbocycles. The molecule has 2 aliphatic carbocycles. The van der Waals surface area contributed by atoms with Gasteiger partial charge in [0.15, 0.2) is 0 Å². The fourth-order valence-corrected chi connectivity index (χ4v) is 4.53. The van der Waals surface area contributed by atoms with Gasteiger partial charge in [-0.15, -0.1) is 0 Å². The van der Waals surface area contributed by atoms with E-state index in [1.165, 1.54) is 25.7 Å². The topological polar surface area (TPSA) is 49.4 Å². The number of nitrogens with zero attached hydrogens (tertiary/aromatic N) is 1. The molecule has 0 bridgehead atoms. The smallest absolute Gasteiger partial charge is 0.222 e. The Balaban J connectivity index is 1.43. The molecule has 1 N–H and O–H groups in total. The van der Waals surface area contributed by atoms with Crippen LogP contribution in [0.25, 0.3) is 0 Å². The Bertz CT molecular complexity index is 396. The normalized spacial score (nSPS) is 32.9. The van der Waals surface area contributed by atoms with Crippen molar-refractivity contribution in [3.8, 4) is 0 Å². The summed E-state index contributed by atoms with van der Waals surface area (Å²) in [7, 11) is 0. The number of carbonyl (C=O) groups is 2. The predicted octanol–water partition coefficient (Wildman–Crippen LogP) is 2.47. The van der Waals surface area contributed by atoms with Gasteiger partial charge in [-0.3, -0.25) is 9.59 Å². The Morgan fingerprint density at radius 3 is 2.90 bits per heavy atom. The lowest BCUT2D eigenvalue weighted by atomic mass is 9.97. The molecule has 3 rings (SSSR count). The highest BCUT2D eigenvalue weighted by molar-refractivity contribution is 5.79. The van der Waals surface area contributed by atoms with Crippen molar-refractivity contribution >= 4 is 11.8 Å². The molecule has 0 unspecified atom stereocenters. The van der Waals surface area contributed by atoms with Gasteiger partial charge < -0.3 is 10.2 Å². The van der Waals surface area contributed by atoms with E-state index in [0.29, 0.717) is 25.4 Å². The largest absolute Gasteiger partial charge is 0.353 e. The zero-order valence-electron chi connectivity index (χ0n) is 13.0. The zero-order chi connectivity index (χ0) is 14.7. The first-order valence-corrected chi connectivity index (χ1v) is 8.81. The summed E-state index contributed by atoms with van der Waals surface area (Å²) in [6.45, 7) is 1.44. The molecule has 3 fully saturated rings. The summed E-state index contributed by atoms with van der Waals surface area (Å²) in [5.74, 6) is 1.97. The van der Waals surface area contributed by atoms with E-state index in [-0.39, 0.29) is 11.8 Å². The highest BCUT2D eigenvalue weighted by Gasteiger charge is 2.39. The molecule has 0 aromatic heterocycles. The molecule has 0 aromatic rings. The maximum Gasteiger partial charge on any atom is 0.222 e. The second-order valence-electron chi connectivity index (χ2n) is 7.05. The maximum absolute atomic E-state index is 12.2. The third-order valence-corrected chi connectivity index (χ3v) is 5.71. The van der Waals surface area contributed by atoms with E-state index in [1.54, 1.807) is 0 Å². The first-order chi connectivity index (χ1) is 10.2. The second kappa shape index (κ2) is 6.80. The molecule has 2 amide bonds. The highest BCUT2D eigenvalue weighted by atomic mass is 16.2. The fraction of sp³-hybridized carbons (Fsp3) is 0.882. The zero-order valence-corrected chi connectivity index (χ0v) is 13.0. The van der Waals surface area contributed by atoms with Crippen molar-refractivity contribution in [3.05, 3.63) is 0 Å². The van der Waals surface area contributed by atoms with Gasteiger partial charge in [0.1, 0.15) is 0 Å². The van der Waals surface area contributed by atoms with Gasteiger partial charge in [0, 0.05) is 32.0 Å². The van der Waals surface area contributed by atoms with E-state index in [4.69, 9.17) is 0 Å². The van der Waals surface area contributed by atoms with Crippen LogP contribution in [-0.2, 0) is 9.59 Å². The molecular formula is C17H28N2O2. The molecule has 3 atom stereocenters. The van der Waals surface area contributed by atoms with Crippen LogP contribution in [0.15, 0.2) is 0 Å². The van der Waals surface area contributed by atoms with Crippen molar-refractivity contribution < 1.29 is 9.59 Å². The van der Waals surface area contributed by atoms with Gasteiger partial charge in [0.25, 0.3) is 0 Å². The van der Waals surface area contributed by atoms with Crippen molar-refractivity contribution in [2.24, 2.45) is 11.8 Å². The summed E-state index contributed by atoms with van der Waals surface area (Å²) in [6.07, 6.45) is 10.8. The van der Waals surface area contributed by atoms with Crippen LogP contribution in [-0.4, -0.2) is 35.8 Å². The molecule has 3 aliphatic rings. The van der Waals surface area contributed by atoms with Crippen molar-refractivity contribution in [1.29, 1.82) is 0 Å². The average molecular weight is 292 g/mol. The van der Waals surface area contributed by atoms with Crippen LogP contribution in [0.1, 0.15) is 64.2 Å². The first-order valence-electron chi connectivity index (χ1n) is 8.81. The number of fused-ring (bicyclic) bond motifs is 1. The molecule has 21 heavy (non-hydrogen) atoms. The molecule has 0 radical (unpaired) electrons. The van der Waals surface area contributed by atoms with E-state index in [1.807, 2.05) is 4.90 Å². The number of likely N-dealkylation sites (tertiary alicyclic amines) is 1. The molecule has 4 nitrogen and oxygen atoms in total. The molecule has 0 spiro atoms. The van der Waals surface area contributed by atoms with Crippen LogP contribution >= 0.6 is 0 Å². The minimum absolute atomic E-state index is 0.143. The lowest BCUT2D eigenvalue weighted by molar-refractivity contribution is -0.131. The quantitative estimate of drug-likeness (QED) is 0.865. The van der Waals surface area contributed by atoms with Gasteiger partial charge in [-0.05, 0) is 43.9 Å². The van der Waals surface area contributed by atoms with Crippen molar-refractivity contribution in [2.75, 3.05) is 13.1 Å². The molecule has 118 valence electrons. The summed E-state index contributed by atoms with van der Waals surface area (Å²) >= 11 is 0. The Labute approximate surface area is 127 Å². The van der Waals surface area contributed by atoms with Crippen LogP contribution in [0.4, 0.5) is 0 Å².